The first kappa shape index (κ1) is 21.4. The van der Waals surface area contributed by atoms with Crippen molar-refractivity contribution in [1.82, 2.24) is 0 Å². The summed E-state index contributed by atoms with van der Waals surface area (Å²) in [5, 5.41) is 7.31. The lowest BCUT2D eigenvalue weighted by atomic mass is 9.98. The molecule has 0 radical (unpaired) electrons. The molecule has 2 aromatic carbocycles. The molecule has 0 aliphatic rings. The third-order valence-corrected chi connectivity index (χ3v) is 5.60. The van der Waals surface area contributed by atoms with E-state index in [1.807, 2.05) is 26.8 Å². The van der Waals surface area contributed by atoms with Gasteiger partial charge >= 0.3 is 5.63 Å². The maximum absolute atomic E-state index is 12.7. The summed E-state index contributed by atoms with van der Waals surface area (Å²) in [6.07, 6.45) is 2.06. The van der Waals surface area contributed by atoms with Crippen LogP contribution in [0.25, 0.3) is 21.9 Å². The Morgan fingerprint density at radius 2 is 1.66 bits per heavy atom. The van der Waals surface area contributed by atoms with Crippen molar-refractivity contribution < 1.29 is 18.4 Å². The van der Waals surface area contributed by atoms with Crippen molar-refractivity contribution in [2.24, 2.45) is 0 Å². The fourth-order valence-electron chi connectivity index (χ4n) is 3.95. The quantitative estimate of drug-likeness (QED) is 0.433. The lowest BCUT2D eigenvalue weighted by Crippen LogP contribution is -2.17. The van der Waals surface area contributed by atoms with E-state index in [0.717, 1.165) is 27.5 Å². The van der Waals surface area contributed by atoms with E-state index in [4.69, 9.17) is 8.83 Å². The number of nitrogens with one attached hydrogen (secondary N) is 2. The number of benzene rings is 2. The van der Waals surface area contributed by atoms with Crippen molar-refractivity contribution in [3.8, 4) is 0 Å². The molecular weight excluding hydrogens is 408 g/mol. The van der Waals surface area contributed by atoms with Crippen LogP contribution in [0.1, 0.15) is 35.6 Å². The predicted octanol–water partition coefficient (Wildman–Crippen LogP) is 4.99. The van der Waals surface area contributed by atoms with Crippen LogP contribution in [0.3, 0.4) is 0 Å². The highest BCUT2D eigenvalue weighted by atomic mass is 16.4. The Bertz CT molecular complexity index is 1430. The zero-order valence-corrected chi connectivity index (χ0v) is 18.4. The first-order valence-corrected chi connectivity index (χ1v) is 10.4. The smallest absolute Gasteiger partial charge is 0.339 e. The van der Waals surface area contributed by atoms with Gasteiger partial charge in [-0.3, -0.25) is 9.59 Å². The molecule has 2 N–H and O–H groups in total. The van der Waals surface area contributed by atoms with Gasteiger partial charge < -0.3 is 19.5 Å². The first-order valence-electron chi connectivity index (χ1n) is 10.4. The Hall–Kier alpha value is -3.87. The molecule has 0 fully saturated rings. The highest BCUT2D eigenvalue weighted by Crippen LogP contribution is 2.32. The SMILES string of the molecule is CC(=O)Nc1cccc(NC(=O)CCc2c(C)c3cc4c(C)coc4c(C)c3oc2=O)c1. The van der Waals surface area contributed by atoms with Gasteiger partial charge in [-0.25, -0.2) is 4.79 Å². The molecule has 0 saturated carbocycles. The Balaban J connectivity index is 1.57. The molecule has 4 rings (SSSR count). The summed E-state index contributed by atoms with van der Waals surface area (Å²) < 4.78 is 11.3. The monoisotopic (exact) mass is 432 g/mol. The van der Waals surface area contributed by atoms with Gasteiger partial charge in [0, 0.05) is 46.6 Å². The highest BCUT2D eigenvalue weighted by Gasteiger charge is 2.18. The van der Waals surface area contributed by atoms with Crippen molar-refractivity contribution >= 4 is 45.1 Å². The van der Waals surface area contributed by atoms with E-state index in [1.165, 1.54) is 6.92 Å². The number of fused-ring (bicyclic) bond motifs is 2. The topological polar surface area (TPSA) is 102 Å². The average molecular weight is 432 g/mol. The fourth-order valence-corrected chi connectivity index (χ4v) is 3.95. The molecule has 0 saturated heterocycles. The number of amides is 2. The third kappa shape index (κ3) is 4.01. The largest absolute Gasteiger partial charge is 0.464 e. The van der Waals surface area contributed by atoms with Crippen LogP contribution in [0.4, 0.5) is 11.4 Å². The summed E-state index contributed by atoms with van der Waals surface area (Å²) in [6.45, 7) is 7.14. The Kier molecular flexibility index (Phi) is 5.57. The molecule has 0 atom stereocenters. The molecule has 7 nitrogen and oxygen atoms in total. The molecule has 164 valence electrons. The van der Waals surface area contributed by atoms with Crippen LogP contribution in [0, 0.1) is 20.8 Å². The second kappa shape index (κ2) is 8.34. The minimum Gasteiger partial charge on any atom is -0.464 e. The Morgan fingerprint density at radius 3 is 2.38 bits per heavy atom. The van der Waals surface area contributed by atoms with E-state index in [0.29, 0.717) is 28.1 Å². The molecule has 0 aliphatic carbocycles. The second-order valence-electron chi connectivity index (χ2n) is 7.98. The number of anilines is 2. The van der Waals surface area contributed by atoms with E-state index in [2.05, 4.69) is 10.6 Å². The number of furan rings is 1. The maximum Gasteiger partial charge on any atom is 0.339 e. The molecule has 0 unspecified atom stereocenters. The second-order valence-corrected chi connectivity index (χ2v) is 7.98. The fraction of sp³-hybridized carbons (Fsp3) is 0.240. The molecule has 2 aromatic heterocycles. The number of hydrogen-bond donors (Lipinski definition) is 2. The van der Waals surface area contributed by atoms with Crippen molar-refractivity contribution in [3.05, 3.63) is 69.3 Å². The first-order chi connectivity index (χ1) is 15.2. The van der Waals surface area contributed by atoms with Crippen molar-refractivity contribution in [3.63, 3.8) is 0 Å². The molecule has 0 bridgehead atoms. The van der Waals surface area contributed by atoms with Gasteiger partial charge in [-0.05, 0) is 62.6 Å². The minimum atomic E-state index is -0.443. The van der Waals surface area contributed by atoms with E-state index in [9.17, 15) is 14.4 Å². The number of rotatable bonds is 5. The standard InChI is InChI=1S/C25H24N2O5/c1-13-12-31-23-15(3)24-21(11-20(13)23)14(2)19(25(30)32-24)8-9-22(29)27-18-7-5-6-17(10-18)26-16(4)28/h5-7,10-12H,8-9H2,1-4H3,(H,26,28)(H,27,29). The van der Waals surface area contributed by atoms with E-state index in [1.54, 1.807) is 30.5 Å². The van der Waals surface area contributed by atoms with E-state index < -0.39 is 5.63 Å². The third-order valence-electron chi connectivity index (χ3n) is 5.60. The summed E-state index contributed by atoms with van der Waals surface area (Å²) in [4.78, 5) is 36.4. The number of hydrogen-bond acceptors (Lipinski definition) is 5. The molecule has 7 heteroatoms. The van der Waals surface area contributed by atoms with Gasteiger partial charge in [0.1, 0.15) is 11.2 Å². The number of aryl methyl sites for hydroxylation is 3. The van der Waals surface area contributed by atoms with E-state index in [-0.39, 0.29) is 24.7 Å². The Morgan fingerprint density at radius 1 is 0.938 bits per heavy atom. The molecule has 2 heterocycles. The minimum absolute atomic E-state index is 0.118. The summed E-state index contributed by atoms with van der Waals surface area (Å²) in [6, 6.07) is 8.87. The maximum atomic E-state index is 12.7. The lowest BCUT2D eigenvalue weighted by molar-refractivity contribution is -0.116. The highest BCUT2D eigenvalue weighted by molar-refractivity contribution is 6.00. The van der Waals surface area contributed by atoms with Gasteiger partial charge in [0.15, 0.2) is 0 Å². The zero-order chi connectivity index (χ0) is 23.0. The van der Waals surface area contributed by atoms with Crippen LogP contribution < -0.4 is 16.3 Å². The van der Waals surface area contributed by atoms with Crippen molar-refractivity contribution in [1.29, 1.82) is 0 Å². The van der Waals surface area contributed by atoms with Gasteiger partial charge in [-0.1, -0.05) is 6.07 Å². The molecule has 4 aromatic rings. The van der Waals surface area contributed by atoms with Crippen LogP contribution in [-0.2, 0) is 16.0 Å². The molecule has 2 amide bonds. The molecular formula is C25H24N2O5. The van der Waals surface area contributed by atoms with Crippen molar-refractivity contribution in [2.45, 2.75) is 40.5 Å². The van der Waals surface area contributed by atoms with Crippen LogP contribution in [-0.4, -0.2) is 11.8 Å². The molecule has 0 aliphatic heterocycles. The van der Waals surface area contributed by atoms with Gasteiger partial charge in [-0.15, -0.1) is 0 Å². The predicted molar refractivity (Wildman–Crippen MR) is 124 cm³/mol. The summed E-state index contributed by atoms with van der Waals surface area (Å²) in [7, 11) is 0. The van der Waals surface area contributed by atoms with Gasteiger partial charge in [0.05, 0.1) is 6.26 Å². The van der Waals surface area contributed by atoms with E-state index >= 15 is 0 Å². The van der Waals surface area contributed by atoms with Crippen LogP contribution >= 0.6 is 0 Å². The lowest BCUT2D eigenvalue weighted by Gasteiger charge is -2.11. The summed E-state index contributed by atoms with van der Waals surface area (Å²) in [5.74, 6) is -0.425. The average Bonchev–Trinajstić information content (AvgIpc) is 3.10. The number of carbonyl (C=O) groups is 2. The molecule has 32 heavy (non-hydrogen) atoms. The zero-order valence-electron chi connectivity index (χ0n) is 18.4. The number of carbonyl (C=O) groups excluding carboxylic acids is 2. The molecule has 0 spiro atoms. The Labute approximate surface area is 184 Å². The van der Waals surface area contributed by atoms with Gasteiger partial charge in [0.2, 0.25) is 11.8 Å². The van der Waals surface area contributed by atoms with Crippen LogP contribution in [0.15, 0.2) is 50.2 Å². The van der Waals surface area contributed by atoms with Gasteiger partial charge in [0.25, 0.3) is 0 Å². The van der Waals surface area contributed by atoms with Crippen molar-refractivity contribution in [2.75, 3.05) is 10.6 Å². The van der Waals surface area contributed by atoms with Crippen LogP contribution in [0.5, 0.6) is 0 Å². The summed E-state index contributed by atoms with van der Waals surface area (Å²) >= 11 is 0. The van der Waals surface area contributed by atoms with Gasteiger partial charge in [-0.2, -0.15) is 0 Å². The normalized spacial score (nSPS) is 11.1. The summed E-state index contributed by atoms with van der Waals surface area (Å²) in [5.41, 5.74) is 5.04. The van der Waals surface area contributed by atoms with Crippen LogP contribution in [0.2, 0.25) is 0 Å².